The van der Waals surface area contributed by atoms with E-state index in [1.54, 1.807) is 25.3 Å². The van der Waals surface area contributed by atoms with Crippen LogP contribution in [0.2, 0.25) is 0 Å². The molecule has 2 aromatic rings. The topological polar surface area (TPSA) is 101 Å². The number of guanidine groups is 1. The summed E-state index contributed by atoms with van der Waals surface area (Å²) < 4.78 is 11.0. The van der Waals surface area contributed by atoms with Gasteiger partial charge >= 0.3 is 0 Å². The lowest BCUT2D eigenvalue weighted by Crippen LogP contribution is -2.37. The maximum absolute atomic E-state index is 12.9. The number of anilines is 2. The molecule has 1 saturated heterocycles. The number of hydrogen-bond donors (Lipinski definition) is 3. The molecule has 3 N–H and O–H groups in total. The predicted molar refractivity (Wildman–Crippen MR) is 121 cm³/mol. The van der Waals surface area contributed by atoms with E-state index < -0.39 is 0 Å². The van der Waals surface area contributed by atoms with Crippen molar-refractivity contribution in [3.05, 3.63) is 53.6 Å². The Morgan fingerprint density at radius 2 is 1.97 bits per heavy atom. The summed E-state index contributed by atoms with van der Waals surface area (Å²) >= 11 is 0. The fourth-order valence-corrected chi connectivity index (χ4v) is 3.23. The Bertz CT molecular complexity index is 968. The number of aliphatic imine (C=N–C) groups is 1. The molecule has 0 spiro atoms. The van der Waals surface area contributed by atoms with Gasteiger partial charge in [0.05, 0.1) is 25.4 Å². The highest BCUT2D eigenvalue weighted by atomic mass is 16.5. The van der Waals surface area contributed by atoms with Crippen molar-refractivity contribution in [1.82, 2.24) is 5.32 Å². The Hall–Kier alpha value is -3.39. The van der Waals surface area contributed by atoms with E-state index in [1.165, 1.54) is 6.92 Å². The molecular formula is C23H28N4O4. The minimum absolute atomic E-state index is 0.0390. The molecule has 2 aromatic carbocycles. The number of nitrogens with zero attached hydrogens (tertiary/aromatic N) is 1. The van der Waals surface area contributed by atoms with Gasteiger partial charge in [-0.05, 0) is 49.6 Å². The van der Waals surface area contributed by atoms with E-state index >= 15 is 0 Å². The molecule has 2 amide bonds. The molecule has 3 rings (SSSR count). The molecule has 0 saturated carbocycles. The average Bonchev–Trinajstić information content (AvgIpc) is 3.27. The molecule has 0 aliphatic carbocycles. The number of amides is 2. The smallest absolute Gasteiger partial charge is 0.258 e. The number of benzene rings is 2. The summed E-state index contributed by atoms with van der Waals surface area (Å²) in [7, 11) is 1.58. The van der Waals surface area contributed by atoms with Crippen LogP contribution in [-0.2, 0) is 9.53 Å². The summed E-state index contributed by atoms with van der Waals surface area (Å²) in [5, 5.41) is 8.72. The molecule has 0 unspecified atom stereocenters. The third-order valence-corrected chi connectivity index (χ3v) is 4.88. The highest BCUT2D eigenvalue weighted by Crippen LogP contribution is 2.23. The predicted octanol–water partition coefficient (Wildman–Crippen LogP) is 3.34. The minimum Gasteiger partial charge on any atom is -0.495 e. The molecule has 1 aliphatic heterocycles. The Labute approximate surface area is 182 Å². The molecule has 8 nitrogen and oxygen atoms in total. The first kappa shape index (κ1) is 22.3. The van der Waals surface area contributed by atoms with E-state index in [0.717, 1.165) is 25.0 Å². The van der Waals surface area contributed by atoms with E-state index in [1.807, 2.05) is 31.2 Å². The summed E-state index contributed by atoms with van der Waals surface area (Å²) in [4.78, 5) is 28.9. The number of nitrogens with one attached hydrogen (secondary N) is 3. The average molecular weight is 425 g/mol. The van der Waals surface area contributed by atoms with Crippen LogP contribution in [0.1, 0.15) is 35.7 Å². The zero-order valence-electron chi connectivity index (χ0n) is 18.0. The van der Waals surface area contributed by atoms with Crippen LogP contribution in [0.5, 0.6) is 5.75 Å². The van der Waals surface area contributed by atoms with Crippen molar-refractivity contribution < 1.29 is 19.1 Å². The largest absolute Gasteiger partial charge is 0.495 e. The third-order valence-electron chi connectivity index (χ3n) is 4.88. The van der Waals surface area contributed by atoms with Gasteiger partial charge in [0, 0.05) is 24.8 Å². The Balaban J connectivity index is 1.81. The number of methoxy groups -OCH3 is 1. The van der Waals surface area contributed by atoms with E-state index in [-0.39, 0.29) is 17.9 Å². The molecule has 0 radical (unpaired) electrons. The van der Waals surface area contributed by atoms with Gasteiger partial charge in [0.2, 0.25) is 11.9 Å². The minimum atomic E-state index is -0.347. The fraction of sp³-hybridized carbons (Fsp3) is 0.348. The highest BCUT2D eigenvalue weighted by molar-refractivity contribution is 6.10. The van der Waals surface area contributed by atoms with Gasteiger partial charge in [0.1, 0.15) is 5.75 Å². The van der Waals surface area contributed by atoms with E-state index in [4.69, 9.17) is 9.47 Å². The van der Waals surface area contributed by atoms with Gasteiger partial charge in [0.25, 0.3) is 5.91 Å². The van der Waals surface area contributed by atoms with Gasteiger partial charge in [-0.25, -0.2) is 4.99 Å². The maximum atomic E-state index is 12.9. The second-order valence-electron chi connectivity index (χ2n) is 7.31. The number of aryl methyl sites for hydroxylation is 1. The highest BCUT2D eigenvalue weighted by Gasteiger charge is 2.17. The van der Waals surface area contributed by atoms with Gasteiger partial charge in [0.15, 0.2) is 0 Å². The second kappa shape index (κ2) is 10.6. The standard InChI is InChI=1S/C23H28N4O4/c1-15-10-11-17(13-20(15)25-16(2)28)22(29)27-23(24-14-18-7-6-12-31-18)26-19-8-4-5-9-21(19)30-3/h4-5,8-11,13,18H,6-7,12,14H2,1-3H3,(H,25,28)(H2,24,26,27,29)/t18-/m0/s1. The zero-order chi connectivity index (χ0) is 22.2. The third kappa shape index (κ3) is 6.29. The van der Waals surface area contributed by atoms with Crippen molar-refractivity contribution in [2.24, 2.45) is 4.99 Å². The summed E-state index contributed by atoms with van der Waals surface area (Å²) in [6, 6.07) is 12.5. The summed E-state index contributed by atoms with van der Waals surface area (Å²) in [5.41, 5.74) is 2.54. The van der Waals surface area contributed by atoms with Crippen LogP contribution < -0.4 is 20.7 Å². The molecule has 1 aliphatic rings. The van der Waals surface area contributed by atoms with Crippen LogP contribution in [-0.4, -0.2) is 44.1 Å². The molecule has 0 aromatic heterocycles. The van der Waals surface area contributed by atoms with Crippen LogP contribution in [0, 0.1) is 6.92 Å². The molecule has 0 bridgehead atoms. The summed E-state index contributed by atoms with van der Waals surface area (Å²) in [6.45, 7) is 4.46. The molecule has 31 heavy (non-hydrogen) atoms. The number of hydrogen-bond acceptors (Lipinski definition) is 5. The van der Waals surface area contributed by atoms with Gasteiger partial charge in [-0.3, -0.25) is 14.9 Å². The number of rotatable bonds is 6. The number of para-hydroxylation sites is 2. The van der Waals surface area contributed by atoms with Gasteiger partial charge in [-0.15, -0.1) is 0 Å². The molecular weight excluding hydrogens is 396 g/mol. The van der Waals surface area contributed by atoms with Crippen molar-refractivity contribution in [2.75, 3.05) is 30.9 Å². The van der Waals surface area contributed by atoms with Crippen molar-refractivity contribution in [2.45, 2.75) is 32.8 Å². The van der Waals surface area contributed by atoms with Crippen LogP contribution in [0.15, 0.2) is 47.5 Å². The maximum Gasteiger partial charge on any atom is 0.258 e. The van der Waals surface area contributed by atoms with Crippen LogP contribution >= 0.6 is 0 Å². The first-order valence-electron chi connectivity index (χ1n) is 10.2. The van der Waals surface area contributed by atoms with E-state index in [2.05, 4.69) is 20.9 Å². The van der Waals surface area contributed by atoms with Gasteiger partial charge in [-0.1, -0.05) is 18.2 Å². The van der Waals surface area contributed by atoms with Crippen LogP contribution in [0.25, 0.3) is 0 Å². The Morgan fingerprint density at radius 3 is 2.68 bits per heavy atom. The lowest BCUT2D eigenvalue weighted by atomic mass is 10.1. The number of ether oxygens (including phenoxy) is 2. The van der Waals surface area contributed by atoms with Gasteiger partial charge < -0.3 is 20.1 Å². The van der Waals surface area contributed by atoms with Crippen LogP contribution in [0.4, 0.5) is 11.4 Å². The van der Waals surface area contributed by atoms with Crippen molar-refractivity contribution in [3.63, 3.8) is 0 Å². The molecule has 1 atom stereocenters. The Kier molecular flexibility index (Phi) is 7.61. The molecule has 164 valence electrons. The van der Waals surface area contributed by atoms with Crippen molar-refractivity contribution in [3.8, 4) is 5.75 Å². The number of carbonyl (C=O) groups is 2. The quantitative estimate of drug-likeness (QED) is 0.488. The van der Waals surface area contributed by atoms with E-state index in [0.29, 0.717) is 35.2 Å². The first-order chi connectivity index (χ1) is 15.0. The number of carbonyl (C=O) groups excluding carboxylic acids is 2. The second-order valence-corrected chi connectivity index (χ2v) is 7.31. The van der Waals surface area contributed by atoms with Crippen molar-refractivity contribution in [1.29, 1.82) is 0 Å². The molecule has 1 fully saturated rings. The van der Waals surface area contributed by atoms with Gasteiger partial charge in [-0.2, -0.15) is 0 Å². The lowest BCUT2D eigenvalue weighted by molar-refractivity contribution is -0.114. The van der Waals surface area contributed by atoms with E-state index in [9.17, 15) is 9.59 Å². The van der Waals surface area contributed by atoms with Crippen molar-refractivity contribution >= 4 is 29.1 Å². The zero-order valence-corrected chi connectivity index (χ0v) is 18.0. The summed E-state index contributed by atoms with van der Waals surface area (Å²) in [6.07, 6.45) is 1.99. The lowest BCUT2D eigenvalue weighted by Gasteiger charge is -2.16. The molecule has 1 heterocycles. The monoisotopic (exact) mass is 424 g/mol. The van der Waals surface area contributed by atoms with Crippen LogP contribution in [0.3, 0.4) is 0 Å². The fourth-order valence-electron chi connectivity index (χ4n) is 3.23. The Morgan fingerprint density at radius 1 is 1.16 bits per heavy atom. The SMILES string of the molecule is COc1ccccc1NC(=NC[C@@H]1CCCO1)NC(=O)c1ccc(C)c(NC(C)=O)c1. The first-order valence-corrected chi connectivity index (χ1v) is 10.2. The molecule has 8 heteroatoms. The summed E-state index contributed by atoms with van der Waals surface area (Å²) in [5.74, 6) is 0.383. The normalized spacial score (nSPS) is 16.0.